The van der Waals surface area contributed by atoms with E-state index in [9.17, 15) is 29.6 Å². The summed E-state index contributed by atoms with van der Waals surface area (Å²) in [5.41, 5.74) is -0.700. The van der Waals surface area contributed by atoms with Crippen molar-refractivity contribution in [2.45, 2.75) is 24.9 Å². The van der Waals surface area contributed by atoms with Crippen molar-refractivity contribution in [2.24, 2.45) is 5.41 Å². The van der Waals surface area contributed by atoms with Gasteiger partial charge in [-0.25, -0.2) is 14.4 Å². The number of nitro groups is 1. The number of carbonyl (C=O) groups is 3. The minimum absolute atomic E-state index is 0.0901. The topological polar surface area (TPSA) is 147 Å². The van der Waals surface area contributed by atoms with Gasteiger partial charge in [-0.05, 0) is 25.0 Å². The first-order valence-corrected chi connectivity index (χ1v) is 7.41. The van der Waals surface area contributed by atoms with Crippen molar-refractivity contribution in [1.29, 1.82) is 0 Å². The van der Waals surface area contributed by atoms with Crippen LogP contribution >= 0.6 is 0 Å². The molecule has 132 valence electrons. The Balaban J connectivity index is 1.64. The van der Waals surface area contributed by atoms with Crippen LogP contribution in [-0.4, -0.2) is 56.8 Å². The lowest BCUT2D eigenvalue weighted by Crippen LogP contribution is -2.42. The second-order valence-corrected chi connectivity index (χ2v) is 6.21. The molecule has 1 saturated heterocycles. The van der Waals surface area contributed by atoms with Gasteiger partial charge in [0.1, 0.15) is 6.04 Å². The highest BCUT2D eigenvalue weighted by atomic mass is 16.6. The summed E-state index contributed by atoms with van der Waals surface area (Å²) in [4.78, 5) is 45.4. The number of nitro benzene ring substituents is 1. The minimum Gasteiger partial charge on any atom is -0.480 e. The van der Waals surface area contributed by atoms with Gasteiger partial charge in [-0.2, -0.15) is 0 Å². The largest absolute Gasteiger partial charge is 0.480 e. The maximum Gasteiger partial charge on any atom is 0.408 e. The molecular formula is C15H14N2O8. The van der Waals surface area contributed by atoms with Gasteiger partial charge in [0.25, 0.3) is 5.69 Å². The summed E-state index contributed by atoms with van der Waals surface area (Å²) < 4.78 is 5.19. The number of esters is 1. The number of carboxylic acid groups (broad SMARTS) is 2. The summed E-state index contributed by atoms with van der Waals surface area (Å²) in [6.45, 7) is -0.0962. The fraction of sp³-hybridized carbons (Fsp3) is 0.400. The van der Waals surface area contributed by atoms with Crippen LogP contribution in [0.25, 0.3) is 0 Å². The molecule has 1 heterocycles. The van der Waals surface area contributed by atoms with Gasteiger partial charge < -0.3 is 14.9 Å². The minimum atomic E-state index is -1.31. The zero-order valence-electron chi connectivity index (χ0n) is 12.8. The van der Waals surface area contributed by atoms with E-state index >= 15 is 0 Å². The molecule has 0 unspecified atom stereocenters. The Morgan fingerprint density at radius 1 is 1.24 bits per heavy atom. The second-order valence-electron chi connectivity index (χ2n) is 6.21. The summed E-state index contributed by atoms with van der Waals surface area (Å²) in [6.07, 6.45) is -0.776. The molecule has 10 heteroatoms. The maximum absolute atomic E-state index is 12.0. The number of fused-ring (bicyclic) bond motifs is 1. The molecule has 0 bridgehead atoms. The third kappa shape index (κ3) is 2.86. The third-order valence-electron chi connectivity index (χ3n) is 4.73. The standard InChI is InChI=1S/C15H14N2O8/c18-12(19)10-5-15(6-11(15)16(10)14(21)22)7-25-13(20)8-1-3-9(4-2-8)17(23)24/h1-4,10-11H,5-7H2,(H,18,19)(H,21,22)/t10-,11-,15+/m0/s1. The Bertz CT molecular complexity index is 761. The molecule has 1 aliphatic carbocycles. The summed E-state index contributed by atoms with van der Waals surface area (Å²) in [5, 5.41) is 28.9. The van der Waals surface area contributed by atoms with Gasteiger partial charge in [0.15, 0.2) is 0 Å². The normalized spacial score (nSPS) is 26.6. The van der Waals surface area contributed by atoms with E-state index < -0.39 is 40.5 Å². The zero-order chi connectivity index (χ0) is 18.4. The van der Waals surface area contributed by atoms with Gasteiger partial charge in [-0.1, -0.05) is 0 Å². The van der Waals surface area contributed by atoms with Gasteiger partial charge in [-0.15, -0.1) is 0 Å². The number of hydrogen-bond donors (Lipinski definition) is 2. The van der Waals surface area contributed by atoms with E-state index in [4.69, 9.17) is 9.84 Å². The number of piperidine rings is 1. The van der Waals surface area contributed by atoms with Gasteiger partial charge in [0.2, 0.25) is 0 Å². The van der Waals surface area contributed by atoms with Crippen LogP contribution in [0.15, 0.2) is 24.3 Å². The van der Waals surface area contributed by atoms with Crippen LogP contribution in [0, 0.1) is 15.5 Å². The average molecular weight is 350 g/mol. The molecule has 25 heavy (non-hydrogen) atoms. The molecule has 3 atom stereocenters. The molecule has 1 aromatic rings. The Morgan fingerprint density at radius 2 is 1.88 bits per heavy atom. The molecule has 1 aliphatic heterocycles. The average Bonchev–Trinajstić information content (AvgIpc) is 3.16. The molecule has 1 saturated carbocycles. The van der Waals surface area contributed by atoms with Crippen LogP contribution in [0.3, 0.4) is 0 Å². The van der Waals surface area contributed by atoms with E-state index in [-0.39, 0.29) is 24.3 Å². The van der Waals surface area contributed by atoms with Crippen molar-refractivity contribution in [2.75, 3.05) is 6.61 Å². The number of carboxylic acids is 1. The lowest BCUT2D eigenvalue weighted by atomic mass is 10.0. The predicted molar refractivity (Wildman–Crippen MR) is 80.1 cm³/mol. The van der Waals surface area contributed by atoms with Crippen molar-refractivity contribution in [1.82, 2.24) is 4.90 Å². The predicted octanol–water partition coefficient (Wildman–Crippen LogP) is 1.35. The van der Waals surface area contributed by atoms with Crippen molar-refractivity contribution in [3.05, 3.63) is 39.9 Å². The number of nitrogens with zero attached hydrogens (tertiary/aromatic N) is 2. The molecular weight excluding hydrogens is 336 g/mol. The fourth-order valence-electron chi connectivity index (χ4n) is 3.34. The van der Waals surface area contributed by atoms with Crippen LogP contribution in [0.5, 0.6) is 0 Å². The van der Waals surface area contributed by atoms with Gasteiger partial charge >= 0.3 is 18.0 Å². The van der Waals surface area contributed by atoms with Crippen molar-refractivity contribution < 1.29 is 34.3 Å². The van der Waals surface area contributed by atoms with Crippen molar-refractivity contribution in [3.8, 4) is 0 Å². The van der Waals surface area contributed by atoms with Gasteiger partial charge in [-0.3, -0.25) is 15.0 Å². The van der Waals surface area contributed by atoms with Gasteiger partial charge in [0.05, 0.1) is 17.1 Å². The van der Waals surface area contributed by atoms with Crippen molar-refractivity contribution >= 4 is 23.7 Å². The smallest absolute Gasteiger partial charge is 0.408 e. The van der Waals surface area contributed by atoms with E-state index in [2.05, 4.69) is 0 Å². The van der Waals surface area contributed by atoms with Crippen LogP contribution < -0.4 is 0 Å². The molecule has 1 aromatic carbocycles. The summed E-state index contributed by atoms with van der Waals surface area (Å²) >= 11 is 0. The SMILES string of the molecule is O=C(OC[C@@]12C[C@@H]1N(C(=O)O)[C@H](C(=O)O)C2)c1ccc([N+](=O)[O-])cc1. The Morgan fingerprint density at radius 3 is 2.36 bits per heavy atom. The number of ether oxygens (including phenoxy) is 1. The second kappa shape index (κ2) is 5.72. The van der Waals surface area contributed by atoms with E-state index in [0.717, 1.165) is 4.90 Å². The van der Waals surface area contributed by atoms with E-state index in [0.29, 0.717) is 6.42 Å². The van der Waals surface area contributed by atoms with Gasteiger partial charge in [0, 0.05) is 23.6 Å². The summed E-state index contributed by atoms with van der Waals surface area (Å²) in [6, 6.07) is 3.26. The molecule has 1 amide bonds. The molecule has 10 nitrogen and oxygen atoms in total. The number of carbonyl (C=O) groups excluding carboxylic acids is 1. The lowest BCUT2D eigenvalue weighted by Gasteiger charge is -2.20. The highest BCUT2D eigenvalue weighted by Gasteiger charge is 2.68. The maximum atomic E-state index is 12.0. The number of rotatable bonds is 5. The van der Waals surface area contributed by atoms with Crippen LogP contribution in [0.2, 0.25) is 0 Å². The summed E-state index contributed by atoms with van der Waals surface area (Å²) in [7, 11) is 0. The Hall–Kier alpha value is -3.17. The number of benzene rings is 1. The lowest BCUT2D eigenvalue weighted by molar-refractivity contribution is -0.384. The Kier molecular flexibility index (Phi) is 3.82. The van der Waals surface area contributed by atoms with Crippen LogP contribution in [0.1, 0.15) is 23.2 Å². The van der Waals surface area contributed by atoms with Crippen molar-refractivity contribution in [3.63, 3.8) is 0 Å². The van der Waals surface area contributed by atoms with E-state index in [1.54, 1.807) is 0 Å². The number of aliphatic carboxylic acids is 1. The first-order valence-electron chi connectivity index (χ1n) is 7.41. The van der Waals surface area contributed by atoms with Crippen LogP contribution in [-0.2, 0) is 9.53 Å². The molecule has 2 fully saturated rings. The quantitative estimate of drug-likeness (QED) is 0.459. The fourth-order valence-corrected chi connectivity index (χ4v) is 3.34. The molecule has 0 aromatic heterocycles. The summed E-state index contributed by atoms with van der Waals surface area (Å²) in [5.74, 6) is -1.92. The Labute approximate surface area is 140 Å². The number of amides is 1. The first kappa shape index (κ1) is 16.7. The zero-order valence-corrected chi connectivity index (χ0v) is 12.8. The number of non-ortho nitro benzene ring substituents is 1. The molecule has 2 N–H and O–H groups in total. The molecule has 0 radical (unpaired) electrons. The highest BCUT2D eigenvalue weighted by molar-refractivity contribution is 5.89. The third-order valence-corrected chi connectivity index (χ3v) is 4.73. The molecule has 0 spiro atoms. The highest BCUT2D eigenvalue weighted by Crippen LogP contribution is 2.59. The first-order chi connectivity index (χ1) is 11.7. The van der Waals surface area contributed by atoms with E-state index in [1.807, 2.05) is 0 Å². The molecule has 2 aliphatic rings. The number of hydrogen-bond acceptors (Lipinski definition) is 6. The number of likely N-dealkylation sites (tertiary alicyclic amines) is 1. The van der Waals surface area contributed by atoms with Crippen LogP contribution in [0.4, 0.5) is 10.5 Å². The van der Waals surface area contributed by atoms with E-state index in [1.165, 1.54) is 24.3 Å². The molecule has 3 rings (SSSR count). The monoisotopic (exact) mass is 350 g/mol.